The van der Waals surface area contributed by atoms with Crippen LogP contribution in [-0.2, 0) is 6.42 Å². The fraction of sp³-hybridized carbons (Fsp3) is 0.684. The molecule has 0 saturated carbocycles. The van der Waals surface area contributed by atoms with Crippen molar-refractivity contribution in [3.8, 4) is 0 Å². The summed E-state index contributed by atoms with van der Waals surface area (Å²) in [5.41, 5.74) is 2.21. The lowest BCUT2D eigenvalue weighted by molar-refractivity contribution is -0.0100. The van der Waals surface area contributed by atoms with Gasteiger partial charge in [-0.2, -0.15) is 0 Å². The van der Waals surface area contributed by atoms with E-state index < -0.39 is 6.10 Å². The molecule has 1 aliphatic rings. The van der Waals surface area contributed by atoms with Crippen LogP contribution in [0.4, 0.5) is 0 Å². The van der Waals surface area contributed by atoms with Gasteiger partial charge < -0.3 is 5.11 Å². The molecule has 0 bridgehead atoms. The van der Waals surface area contributed by atoms with E-state index in [0.29, 0.717) is 0 Å². The number of hydrogen-bond donors (Lipinski definition) is 1. The molecular formula is C19H31NO. The van der Waals surface area contributed by atoms with Gasteiger partial charge in [-0.25, -0.2) is 0 Å². The largest absolute Gasteiger partial charge is 0.386 e. The molecule has 1 unspecified atom stereocenters. The van der Waals surface area contributed by atoms with Gasteiger partial charge >= 0.3 is 0 Å². The molecule has 0 aromatic heterocycles. The van der Waals surface area contributed by atoms with Crippen molar-refractivity contribution in [2.24, 2.45) is 0 Å². The van der Waals surface area contributed by atoms with Crippen LogP contribution in [0.2, 0.25) is 0 Å². The summed E-state index contributed by atoms with van der Waals surface area (Å²) in [5.74, 6) is 0. The highest BCUT2D eigenvalue weighted by Gasteiger charge is 2.35. The Morgan fingerprint density at radius 1 is 1.05 bits per heavy atom. The van der Waals surface area contributed by atoms with E-state index in [9.17, 15) is 5.11 Å². The molecular weight excluding hydrogens is 258 g/mol. The van der Waals surface area contributed by atoms with Crippen molar-refractivity contribution < 1.29 is 5.11 Å². The van der Waals surface area contributed by atoms with Crippen molar-refractivity contribution in [3.05, 3.63) is 35.4 Å². The predicted octanol–water partition coefficient (Wildman–Crippen LogP) is 4.33. The van der Waals surface area contributed by atoms with Crippen LogP contribution in [0, 0.1) is 0 Å². The molecule has 2 heteroatoms. The third-order valence-corrected chi connectivity index (χ3v) is 4.92. The zero-order valence-corrected chi connectivity index (χ0v) is 13.9. The first-order valence-corrected chi connectivity index (χ1v) is 8.57. The van der Waals surface area contributed by atoms with Crippen molar-refractivity contribution in [2.45, 2.75) is 70.9 Å². The molecule has 1 aromatic rings. The molecule has 2 nitrogen and oxygen atoms in total. The van der Waals surface area contributed by atoms with Gasteiger partial charge in [0.25, 0.3) is 0 Å². The minimum absolute atomic E-state index is 0.198. The Balaban J connectivity index is 2.10. The van der Waals surface area contributed by atoms with Gasteiger partial charge in [-0.1, -0.05) is 50.5 Å². The van der Waals surface area contributed by atoms with Gasteiger partial charge in [0.1, 0.15) is 0 Å². The summed E-state index contributed by atoms with van der Waals surface area (Å²) in [5, 5.41) is 10.9. The summed E-state index contributed by atoms with van der Waals surface area (Å²) in [7, 11) is 0. The van der Waals surface area contributed by atoms with E-state index in [4.69, 9.17) is 0 Å². The van der Waals surface area contributed by atoms with Gasteiger partial charge in [0.2, 0.25) is 0 Å². The summed E-state index contributed by atoms with van der Waals surface area (Å²) in [4.78, 5) is 2.48. The fourth-order valence-corrected chi connectivity index (χ4v) is 3.38. The number of nitrogens with zero attached hydrogens (tertiary/aromatic N) is 1. The molecule has 1 fully saturated rings. The van der Waals surface area contributed by atoms with Crippen molar-refractivity contribution in [3.63, 3.8) is 0 Å². The standard InChI is InChI=1S/C19H31NO/c1-4-9-16-10-12-17(13-11-16)18(21)19(2,3)20-14-7-5-6-8-15-20/h10-13,18,21H,4-9,14-15H2,1-3H3. The van der Waals surface area contributed by atoms with Gasteiger partial charge in [-0.3, -0.25) is 4.90 Å². The Kier molecular flexibility index (Phi) is 5.83. The molecule has 1 aromatic carbocycles. The van der Waals surface area contributed by atoms with Crippen molar-refractivity contribution in [2.75, 3.05) is 13.1 Å². The highest BCUT2D eigenvalue weighted by atomic mass is 16.3. The van der Waals surface area contributed by atoms with Crippen LogP contribution >= 0.6 is 0 Å². The van der Waals surface area contributed by atoms with Crippen LogP contribution in [0.15, 0.2) is 24.3 Å². The van der Waals surface area contributed by atoms with Crippen LogP contribution in [-0.4, -0.2) is 28.6 Å². The van der Waals surface area contributed by atoms with Crippen LogP contribution in [0.1, 0.15) is 70.1 Å². The SMILES string of the molecule is CCCc1ccc(C(O)C(C)(C)N2CCCCCC2)cc1. The van der Waals surface area contributed by atoms with Gasteiger partial charge in [-0.15, -0.1) is 0 Å². The van der Waals surface area contributed by atoms with E-state index in [1.165, 1.54) is 37.7 Å². The highest BCUT2D eigenvalue weighted by Crippen LogP contribution is 2.32. The third-order valence-electron chi connectivity index (χ3n) is 4.92. The Morgan fingerprint density at radius 3 is 2.14 bits per heavy atom. The first-order chi connectivity index (χ1) is 10.1. The van der Waals surface area contributed by atoms with Crippen LogP contribution in [0.3, 0.4) is 0 Å². The van der Waals surface area contributed by atoms with Crippen LogP contribution < -0.4 is 0 Å². The number of benzene rings is 1. The predicted molar refractivity (Wildman–Crippen MR) is 89.5 cm³/mol. The molecule has 1 N–H and O–H groups in total. The summed E-state index contributed by atoms with van der Waals surface area (Å²) >= 11 is 0. The Hall–Kier alpha value is -0.860. The number of hydrogen-bond acceptors (Lipinski definition) is 2. The summed E-state index contributed by atoms with van der Waals surface area (Å²) < 4.78 is 0. The van der Waals surface area contributed by atoms with E-state index >= 15 is 0 Å². The minimum Gasteiger partial charge on any atom is -0.386 e. The summed E-state index contributed by atoms with van der Waals surface area (Å²) in [6.45, 7) is 8.78. The zero-order chi connectivity index (χ0) is 15.3. The lowest BCUT2D eigenvalue weighted by atomic mass is 9.88. The Morgan fingerprint density at radius 2 is 1.62 bits per heavy atom. The van der Waals surface area contributed by atoms with E-state index in [1.807, 2.05) is 0 Å². The number of likely N-dealkylation sites (tertiary alicyclic amines) is 1. The number of aliphatic hydroxyl groups is 1. The van der Waals surface area contributed by atoms with E-state index in [0.717, 1.165) is 25.1 Å². The minimum atomic E-state index is -0.425. The highest BCUT2D eigenvalue weighted by molar-refractivity contribution is 5.26. The van der Waals surface area contributed by atoms with E-state index in [2.05, 4.69) is 49.9 Å². The van der Waals surface area contributed by atoms with Crippen LogP contribution in [0.5, 0.6) is 0 Å². The van der Waals surface area contributed by atoms with Gasteiger partial charge in [-0.05, 0) is 57.3 Å². The Bertz CT molecular complexity index is 416. The topological polar surface area (TPSA) is 23.5 Å². The molecule has 2 rings (SSSR count). The number of aliphatic hydroxyl groups excluding tert-OH is 1. The lowest BCUT2D eigenvalue weighted by Crippen LogP contribution is -2.48. The Labute approximate surface area is 130 Å². The third kappa shape index (κ3) is 4.08. The molecule has 1 heterocycles. The number of rotatable bonds is 5. The van der Waals surface area contributed by atoms with Gasteiger partial charge in [0.15, 0.2) is 0 Å². The van der Waals surface area contributed by atoms with E-state index in [1.54, 1.807) is 0 Å². The molecule has 0 aliphatic carbocycles. The molecule has 0 amide bonds. The van der Waals surface area contributed by atoms with Crippen molar-refractivity contribution in [1.82, 2.24) is 4.90 Å². The second-order valence-corrected chi connectivity index (χ2v) is 6.95. The molecule has 118 valence electrons. The molecule has 0 spiro atoms. The molecule has 0 radical (unpaired) electrons. The average molecular weight is 289 g/mol. The lowest BCUT2D eigenvalue weighted by Gasteiger charge is -2.41. The van der Waals surface area contributed by atoms with Crippen molar-refractivity contribution in [1.29, 1.82) is 0 Å². The monoisotopic (exact) mass is 289 g/mol. The van der Waals surface area contributed by atoms with Crippen LogP contribution in [0.25, 0.3) is 0 Å². The normalized spacial score (nSPS) is 19.2. The smallest absolute Gasteiger partial charge is 0.0968 e. The average Bonchev–Trinajstić information content (AvgIpc) is 2.77. The quantitative estimate of drug-likeness (QED) is 0.872. The maximum absolute atomic E-state index is 10.9. The molecule has 21 heavy (non-hydrogen) atoms. The number of aryl methyl sites for hydroxylation is 1. The first-order valence-electron chi connectivity index (χ1n) is 8.57. The second-order valence-electron chi connectivity index (χ2n) is 6.95. The maximum Gasteiger partial charge on any atom is 0.0968 e. The molecule has 1 atom stereocenters. The molecule has 1 saturated heterocycles. The van der Waals surface area contributed by atoms with Gasteiger partial charge in [0, 0.05) is 5.54 Å². The zero-order valence-electron chi connectivity index (χ0n) is 13.9. The second kappa shape index (κ2) is 7.42. The molecule has 1 aliphatic heterocycles. The van der Waals surface area contributed by atoms with Crippen molar-refractivity contribution >= 4 is 0 Å². The maximum atomic E-state index is 10.9. The fourth-order valence-electron chi connectivity index (χ4n) is 3.38. The van der Waals surface area contributed by atoms with Gasteiger partial charge in [0.05, 0.1) is 6.10 Å². The summed E-state index contributed by atoms with van der Waals surface area (Å²) in [6, 6.07) is 8.55. The van der Waals surface area contributed by atoms with E-state index in [-0.39, 0.29) is 5.54 Å². The first kappa shape index (κ1) is 16.5. The summed E-state index contributed by atoms with van der Waals surface area (Å²) in [6.07, 6.45) is 7.03.